The lowest BCUT2D eigenvalue weighted by Crippen LogP contribution is -2.46. The highest BCUT2D eigenvalue weighted by Crippen LogP contribution is 2.30. The third kappa shape index (κ3) is 4.40. The second-order valence-electron chi connectivity index (χ2n) is 6.79. The van der Waals surface area contributed by atoms with Crippen LogP contribution in [-0.4, -0.2) is 44.3 Å². The molecule has 140 valence electrons. The van der Waals surface area contributed by atoms with Gasteiger partial charge in [0.05, 0.1) is 4.90 Å². The minimum atomic E-state index is -3.69. The Balaban J connectivity index is 2.22. The second-order valence-corrected chi connectivity index (χ2v) is 8.62. The monoisotopic (exact) mass is 367 g/mol. The number of hydrogen-bond donors (Lipinski definition) is 2. The number of nitrogens with one attached hydrogen (secondary N) is 1. The van der Waals surface area contributed by atoms with E-state index in [1.165, 1.54) is 4.31 Å². The third-order valence-electron chi connectivity index (χ3n) is 4.61. The molecule has 1 saturated heterocycles. The molecule has 1 amide bonds. The lowest BCUT2D eigenvalue weighted by atomic mass is 10.1. The number of hydrogen-bond acceptors (Lipinski definition) is 4. The molecule has 1 heterocycles. The molecular weight excluding hydrogens is 338 g/mol. The van der Waals surface area contributed by atoms with Gasteiger partial charge in [-0.05, 0) is 64.1 Å². The summed E-state index contributed by atoms with van der Waals surface area (Å²) < 4.78 is 27.8. The van der Waals surface area contributed by atoms with Gasteiger partial charge < -0.3 is 11.1 Å². The number of nitrogens with two attached hydrogens (primary N) is 1. The van der Waals surface area contributed by atoms with Gasteiger partial charge in [0.25, 0.3) is 0 Å². The summed E-state index contributed by atoms with van der Waals surface area (Å²) >= 11 is 0. The number of carbonyl (C=O) groups excluding carboxylic acids is 1. The Morgan fingerprint density at radius 2 is 1.88 bits per heavy atom. The molecule has 0 spiro atoms. The van der Waals surface area contributed by atoms with Crippen molar-refractivity contribution in [2.75, 3.05) is 19.6 Å². The fourth-order valence-electron chi connectivity index (χ4n) is 3.58. The van der Waals surface area contributed by atoms with Crippen molar-refractivity contribution in [3.63, 3.8) is 0 Å². The van der Waals surface area contributed by atoms with Crippen LogP contribution in [0.1, 0.15) is 42.4 Å². The van der Waals surface area contributed by atoms with Crippen molar-refractivity contribution in [3.8, 4) is 0 Å². The average molecular weight is 368 g/mol. The van der Waals surface area contributed by atoms with Gasteiger partial charge in [0.15, 0.2) is 0 Å². The van der Waals surface area contributed by atoms with Gasteiger partial charge in [0.2, 0.25) is 15.9 Å². The van der Waals surface area contributed by atoms with Gasteiger partial charge in [-0.25, -0.2) is 8.42 Å². The smallest absolute Gasteiger partial charge is 0.244 e. The maximum atomic E-state index is 13.2. The van der Waals surface area contributed by atoms with Gasteiger partial charge in [-0.2, -0.15) is 4.31 Å². The van der Waals surface area contributed by atoms with E-state index < -0.39 is 16.1 Å². The molecule has 1 atom stereocenters. The normalized spacial score (nSPS) is 18.5. The predicted molar refractivity (Wildman–Crippen MR) is 98.9 cm³/mol. The van der Waals surface area contributed by atoms with Gasteiger partial charge in [0.1, 0.15) is 6.04 Å². The summed E-state index contributed by atoms with van der Waals surface area (Å²) in [5.74, 6) is -0.208. The summed E-state index contributed by atoms with van der Waals surface area (Å²) in [6, 6.07) is 3.12. The molecule has 1 aromatic rings. The summed E-state index contributed by atoms with van der Waals surface area (Å²) in [7, 11) is -3.69. The first kappa shape index (κ1) is 19.9. The number of amides is 1. The average Bonchev–Trinajstić information content (AvgIpc) is 3.00. The molecule has 7 heteroatoms. The molecule has 25 heavy (non-hydrogen) atoms. The Bertz CT molecular complexity index is 708. The van der Waals surface area contributed by atoms with Gasteiger partial charge in [-0.15, -0.1) is 0 Å². The van der Waals surface area contributed by atoms with Crippen LogP contribution in [0, 0.1) is 20.8 Å². The summed E-state index contributed by atoms with van der Waals surface area (Å²) in [5.41, 5.74) is 7.94. The Morgan fingerprint density at radius 3 is 2.48 bits per heavy atom. The number of unbranched alkanes of at least 4 members (excludes halogenated alkanes) is 1. The van der Waals surface area contributed by atoms with Crippen LogP contribution in [0.25, 0.3) is 0 Å². The van der Waals surface area contributed by atoms with Gasteiger partial charge >= 0.3 is 0 Å². The van der Waals surface area contributed by atoms with Crippen LogP contribution >= 0.6 is 0 Å². The van der Waals surface area contributed by atoms with Gasteiger partial charge in [0, 0.05) is 13.1 Å². The van der Waals surface area contributed by atoms with E-state index in [0.29, 0.717) is 37.4 Å². The van der Waals surface area contributed by atoms with Crippen molar-refractivity contribution in [2.45, 2.75) is 57.4 Å². The van der Waals surface area contributed by atoms with E-state index in [-0.39, 0.29) is 5.91 Å². The van der Waals surface area contributed by atoms with E-state index in [4.69, 9.17) is 5.73 Å². The molecule has 0 aromatic heterocycles. The Hall–Kier alpha value is -1.44. The maximum absolute atomic E-state index is 13.2. The first-order chi connectivity index (χ1) is 11.8. The number of benzene rings is 1. The van der Waals surface area contributed by atoms with Crippen molar-refractivity contribution in [1.82, 2.24) is 9.62 Å². The second kappa shape index (κ2) is 8.29. The Morgan fingerprint density at radius 1 is 1.24 bits per heavy atom. The van der Waals surface area contributed by atoms with Gasteiger partial charge in [-0.1, -0.05) is 17.7 Å². The first-order valence-corrected chi connectivity index (χ1v) is 10.3. The lowest BCUT2D eigenvalue weighted by Gasteiger charge is -2.25. The quantitative estimate of drug-likeness (QED) is 0.716. The van der Waals surface area contributed by atoms with Crippen LogP contribution in [0.4, 0.5) is 0 Å². The largest absolute Gasteiger partial charge is 0.355 e. The van der Waals surface area contributed by atoms with Crippen molar-refractivity contribution >= 4 is 15.9 Å². The van der Waals surface area contributed by atoms with Crippen molar-refractivity contribution in [3.05, 3.63) is 28.8 Å². The minimum absolute atomic E-state index is 0.208. The highest BCUT2D eigenvalue weighted by molar-refractivity contribution is 7.89. The molecule has 0 saturated carbocycles. The fourth-order valence-corrected chi connectivity index (χ4v) is 5.65. The Labute approximate surface area is 150 Å². The summed E-state index contributed by atoms with van der Waals surface area (Å²) in [4.78, 5) is 12.8. The molecule has 0 bridgehead atoms. The number of sulfonamides is 1. The highest BCUT2D eigenvalue weighted by atomic mass is 32.2. The third-order valence-corrected chi connectivity index (χ3v) is 6.82. The Kier molecular flexibility index (Phi) is 6.59. The lowest BCUT2D eigenvalue weighted by molar-refractivity contribution is -0.124. The number of carbonyl (C=O) groups is 1. The van der Waals surface area contributed by atoms with Gasteiger partial charge in [-0.3, -0.25) is 4.79 Å². The molecule has 1 aliphatic rings. The van der Waals surface area contributed by atoms with Crippen LogP contribution < -0.4 is 11.1 Å². The van der Waals surface area contributed by atoms with E-state index in [1.54, 1.807) is 0 Å². The van der Waals surface area contributed by atoms with Crippen LogP contribution in [0.15, 0.2) is 17.0 Å². The van der Waals surface area contributed by atoms with Crippen molar-refractivity contribution in [1.29, 1.82) is 0 Å². The van der Waals surface area contributed by atoms with E-state index in [2.05, 4.69) is 5.32 Å². The molecule has 6 nitrogen and oxygen atoms in total. The zero-order valence-electron chi connectivity index (χ0n) is 15.3. The molecule has 2 rings (SSSR count). The summed E-state index contributed by atoms with van der Waals surface area (Å²) in [6.07, 6.45) is 2.91. The van der Waals surface area contributed by atoms with Crippen LogP contribution in [0.2, 0.25) is 0 Å². The van der Waals surface area contributed by atoms with Crippen LogP contribution in [0.5, 0.6) is 0 Å². The summed E-state index contributed by atoms with van der Waals surface area (Å²) in [6.45, 7) is 7.07. The van der Waals surface area contributed by atoms with E-state index in [0.717, 1.165) is 29.5 Å². The molecule has 0 radical (unpaired) electrons. The topological polar surface area (TPSA) is 92.5 Å². The molecular formula is C18H29N3O3S. The molecule has 1 aromatic carbocycles. The minimum Gasteiger partial charge on any atom is -0.355 e. The fraction of sp³-hybridized carbons (Fsp3) is 0.611. The zero-order valence-corrected chi connectivity index (χ0v) is 16.2. The van der Waals surface area contributed by atoms with Crippen LogP contribution in [-0.2, 0) is 14.8 Å². The van der Waals surface area contributed by atoms with Crippen LogP contribution in [0.3, 0.4) is 0 Å². The number of nitrogens with zero attached hydrogens (tertiary/aromatic N) is 1. The molecule has 1 unspecified atom stereocenters. The van der Waals surface area contributed by atoms with E-state index in [9.17, 15) is 13.2 Å². The molecule has 0 aliphatic carbocycles. The van der Waals surface area contributed by atoms with E-state index in [1.807, 2.05) is 32.9 Å². The SMILES string of the molecule is Cc1cc(C)c(S(=O)(=O)N2CCCC2C(=O)NCCCCN)c(C)c1. The molecule has 1 aliphatic heterocycles. The maximum Gasteiger partial charge on any atom is 0.244 e. The zero-order chi connectivity index (χ0) is 18.6. The van der Waals surface area contributed by atoms with E-state index >= 15 is 0 Å². The van der Waals surface area contributed by atoms with Crippen molar-refractivity contribution < 1.29 is 13.2 Å². The molecule has 1 fully saturated rings. The standard InChI is InChI=1S/C18H29N3O3S/c1-13-11-14(2)17(15(3)12-13)25(23,24)21-10-6-7-16(21)18(22)20-9-5-4-8-19/h11-12,16H,4-10,19H2,1-3H3,(H,20,22). The predicted octanol–water partition coefficient (Wildman–Crippen LogP) is 1.62. The highest BCUT2D eigenvalue weighted by Gasteiger charge is 2.40. The first-order valence-electron chi connectivity index (χ1n) is 8.86. The number of aryl methyl sites for hydroxylation is 3. The van der Waals surface area contributed by atoms with Crippen molar-refractivity contribution in [2.24, 2.45) is 5.73 Å². The molecule has 3 N–H and O–H groups in total. The summed E-state index contributed by atoms with van der Waals surface area (Å²) in [5, 5.41) is 2.85. The number of rotatable bonds is 7.